The van der Waals surface area contributed by atoms with Crippen LogP contribution in [0.3, 0.4) is 0 Å². The van der Waals surface area contributed by atoms with Crippen molar-refractivity contribution in [3.63, 3.8) is 0 Å². The normalized spacial score (nSPS) is 23.0. The van der Waals surface area contributed by atoms with E-state index in [0.717, 1.165) is 0 Å². The van der Waals surface area contributed by atoms with Crippen molar-refractivity contribution in [2.75, 3.05) is 13.2 Å². The van der Waals surface area contributed by atoms with Crippen LogP contribution in [0.4, 0.5) is 8.78 Å². The summed E-state index contributed by atoms with van der Waals surface area (Å²) in [7, 11) is 0. The van der Waals surface area contributed by atoms with E-state index in [2.05, 4.69) is 5.32 Å². The van der Waals surface area contributed by atoms with Crippen molar-refractivity contribution in [1.82, 2.24) is 5.32 Å². The lowest BCUT2D eigenvalue weighted by molar-refractivity contribution is -0.137. The Balaban J connectivity index is 1.95. The number of rotatable bonds is 4. The lowest BCUT2D eigenvalue weighted by Gasteiger charge is -2.20. The van der Waals surface area contributed by atoms with Crippen LogP contribution >= 0.6 is 0 Å². The molecule has 0 spiro atoms. The number of hydrogen-bond donors (Lipinski definition) is 1. The second kappa shape index (κ2) is 5.76. The molecule has 1 aliphatic rings. The molecule has 1 fully saturated rings. The molecule has 2 rings (SSSR count). The van der Waals surface area contributed by atoms with Crippen molar-refractivity contribution in [2.45, 2.75) is 45.6 Å². The van der Waals surface area contributed by atoms with E-state index < -0.39 is 17.4 Å². The van der Waals surface area contributed by atoms with Gasteiger partial charge >= 0.3 is 0 Å². The summed E-state index contributed by atoms with van der Waals surface area (Å²) in [6.07, 6.45) is -0.0780. The second-order valence-corrected chi connectivity index (χ2v) is 5.70. The van der Waals surface area contributed by atoms with Gasteiger partial charge in [-0.25, -0.2) is 8.78 Å². The summed E-state index contributed by atoms with van der Waals surface area (Å²) in [6, 6.07) is 2.18. The molecule has 1 aromatic rings. The highest BCUT2D eigenvalue weighted by Crippen LogP contribution is 2.24. The summed E-state index contributed by atoms with van der Waals surface area (Å²) < 4.78 is 38.5. The minimum absolute atomic E-state index is 0.0780. The fraction of sp³-hybridized carbons (Fsp3) is 0.600. The Kier molecular flexibility index (Phi) is 4.42. The Labute approximate surface area is 118 Å². The Morgan fingerprint density at radius 1 is 1.35 bits per heavy atom. The van der Waals surface area contributed by atoms with E-state index in [1.807, 2.05) is 13.8 Å². The van der Waals surface area contributed by atoms with Gasteiger partial charge in [0.2, 0.25) is 0 Å². The molecule has 1 heterocycles. The SMILES string of the molecule is Cc1cc(F)c(C(C)NCC2COC(C)(C)O2)cc1F. The summed E-state index contributed by atoms with van der Waals surface area (Å²) in [4.78, 5) is 0. The number of benzene rings is 1. The van der Waals surface area contributed by atoms with E-state index >= 15 is 0 Å². The first-order valence-electron chi connectivity index (χ1n) is 6.79. The maximum Gasteiger partial charge on any atom is 0.163 e. The Hall–Kier alpha value is -1.04. The fourth-order valence-electron chi connectivity index (χ4n) is 2.28. The average Bonchev–Trinajstić information content (AvgIpc) is 2.70. The molecule has 5 heteroatoms. The molecule has 20 heavy (non-hydrogen) atoms. The standard InChI is InChI=1S/C15H21F2NO2/c1-9-5-14(17)12(6-13(9)16)10(2)18-7-11-8-19-15(3,4)20-11/h5-6,10-11,18H,7-8H2,1-4H3. The number of aryl methyl sites for hydroxylation is 1. The Morgan fingerprint density at radius 3 is 2.65 bits per heavy atom. The molecule has 1 aliphatic heterocycles. The number of hydrogen-bond acceptors (Lipinski definition) is 3. The number of ether oxygens (including phenoxy) is 2. The van der Waals surface area contributed by atoms with E-state index in [1.54, 1.807) is 13.8 Å². The zero-order valence-corrected chi connectivity index (χ0v) is 12.3. The minimum atomic E-state index is -0.573. The van der Waals surface area contributed by atoms with Crippen LogP contribution in [0.5, 0.6) is 0 Å². The van der Waals surface area contributed by atoms with Crippen LogP contribution in [0.25, 0.3) is 0 Å². The topological polar surface area (TPSA) is 30.5 Å². The van der Waals surface area contributed by atoms with Gasteiger partial charge in [0.25, 0.3) is 0 Å². The zero-order chi connectivity index (χ0) is 14.9. The minimum Gasteiger partial charge on any atom is -0.348 e. The molecule has 1 aromatic carbocycles. The maximum absolute atomic E-state index is 13.8. The highest BCUT2D eigenvalue weighted by atomic mass is 19.1. The van der Waals surface area contributed by atoms with Gasteiger partial charge in [-0.1, -0.05) is 0 Å². The van der Waals surface area contributed by atoms with Gasteiger partial charge in [-0.15, -0.1) is 0 Å². The maximum atomic E-state index is 13.8. The third-order valence-electron chi connectivity index (χ3n) is 3.46. The fourth-order valence-corrected chi connectivity index (χ4v) is 2.28. The molecule has 0 aliphatic carbocycles. The van der Waals surface area contributed by atoms with Crippen LogP contribution in [-0.2, 0) is 9.47 Å². The lowest BCUT2D eigenvalue weighted by atomic mass is 10.0. The molecule has 0 saturated carbocycles. The predicted octanol–water partition coefficient (Wildman–Crippen LogP) is 3.08. The van der Waals surface area contributed by atoms with E-state index in [-0.39, 0.29) is 12.1 Å². The van der Waals surface area contributed by atoms with Crippen molar-refractivity contribution in [1.29, 1.82) is 0 Å². The van der Waals surface area contributed by atoms with Crippen molar-refractivity contribution in [2.24, 2.45) is 0 Å². The molecule has 0 amide bonds. The molecule has 0 bridgehead atoms. The molecule has 2 unspecified atom stereocenters. The van der Waals surface area contributed by atoms with Crippen LogP contribution in [-0.4, -0.2) is 25.0 Å². The van der Waals surface area contributed by atoms with Crippen LogP contribution in [0.1, 0.15) is 37.9 Å². The van der Waals surface area contributed by atoms with Crippen LogP contribution < -0.4 is 5.32 Å². The third kappa shape index (κ3) is 3.53. The third-order valence-corrected chi connectivity index (χ3v) is 3.46. The quantitative estimate of drug-likeness (QED) is 0.922. The van der Waals surface area contributed by atoms with E-state index in [1.165, 1.54) is 12.1 Å². The molecule has 3 nitrogen and oxygen atoms in total. The first kappa shape index (κ1) is 15.4. The van der Waals surface area contributed by atoms with Crippen LogP contribution in [0.15, 0.2) is 12.1 Å². The van der Waals surface area contributed by atoms with Crippen LogP contribution in [0.2, 0.25) is 0 Å². The van der Waals surface area contributed by atoms with Crippen LogP contribution in [0, 0.1) is 18.6 Å². The summed E-state index contributed by atoms with van der Waals surface area (Å²) in [6.45, 7) is 8.08. The van der Waals surface area contributed by atoms with Crippen molar-refractivity contribution < 1.29 is 18.3 Å². The Morgan fingerprint density at radius 2 is 2.05 bits per heavy atom. The Bertz CT molecular complexity index is 491. The average molecular weight is 285 g/mol. The van der Waals surface area contributed by atoms with Gasteiger partial charge in [0.05, 0.1) is 12.7 Å². The summed E-state index contributed by atoms with van der Waals surface area (Å²) in [5, 5.41) is 3.15. The number of halogens is 2. The monoisotopic (exact) mass is 285 g/mol. The van der Waals surface area contributed by atoms with Gasteiger partial charge < -0.3 is 14.8 Å². The number of nitrogens with one attached hydrogen (secondary N) is 1. The molecule has 2 atom stereocenters. The lowest BCUT2D eigenvalue weighted by Crippen LogP contribution is -2.32. The summed E-state index contributed by atoms with van der Waals surface area (Å²) in [5.74, 6) is -1.36. The van der Waals surface area contributed by atoms with E-state index in [0.29, 0.717) is 24.3 Å². The van der Waals surface area contributed by atoms with E-state index in [9.17, 15) is 8.78 Å². The largest absolute Gasteiger partial charge is 0.348 e. The molecular weight excluding hydrogens is 264 g/mol. The van der Waals surface area contributed by atoms with Gasteiger partial charge in [-0.3, -0.25) is 0 Å². The van der Waals surface area contributed by atoms with Gasteiger partial charge in [-0.05, 0) is 45.4 Å². The van der Waals surface area contributed by atoms with Gasteiger partial charge in [0.1, 0.15) is 11.6 Å². The smallest absolute Gasteiger partial charge is 0.163 e. The van der Waals surface area contributed by atoms with Gasteiger partial charge in [0.15, 0.2) is 5.79 Å². The summed E-state index contributed by atoms with van der Waals surface area (Å²) >= 11 is 0. The molecule has 1 saturated heterocycles. The van der Waals surface area contributed by atoms with Gasteiger partial charge in [0, 0.05) is 18.2 Å². The predicted molar refractivity (Wildman–Crippen MR) is 72.4 cm³/mol. The second-order valence-electron chi connectivity index (χ2n) is 5.70. The van der Waals surface area contributed by atoms with E-state index in [4.69, 9.17) is 9.47 Å². The molecule has 0 radical (unpaired) electrons. The highest BCUT2D eigenvalue weighted by molar-refractivity contribution is 5.27. The molecular formula is C15H21F2NO2. The van der Waals surface area contributed by atoms with Crippen molar-refractivity contribution in [3.8, 4) is 0 Å². The van der Waals surface area contributed by atoms with Gasteiger partial charge in [-0.2, -0.15) is 0 Å². The molecule has 112 valence electrons. The first-order chi connectivity index (χ1) is 9.28. The zero-order valence-electron chi connectivity index (χ0n) is 12.3. The highest BCUT2D eigenvalue weighted by Gasteiger charge is 2.32. The molecule has 0 aromatic heterocycles. The summed E-state index contributed by atoms with van der Waals surface area (Å²) in [5.41, 5.74) is 0.638. The molecule has 1 N–H and O–H groups in total. The van der Waals surface area contributed by atoms with Crippen molar-refractivity contribution >= 4 is 0 Å². The first-order valence-corrected chi connectivity index (χ1v) is 6.79. The van der Waals surface area contributed by atoms with Crippen molar-refractivity contribution in [3.05, 3.63) is 34.9 Å².